The summed E-state index contributed by atoms with van der Waals surface area (Å²) in [6.07, 6.45) is 0. The van der Waals surface area contributed by atoms with Crippen molar-refractivity contribution in [2.75, 3.05) is 26.6 Å². The topological polar surface area (TPSA) is 87.8 Å². The Kier molecular flexibility index (Phi) is 6.17. The van der Waals surface area contributed by atoms with Gasteiger partial charge in [-0.25, -0.2) is 0 Å². The van der Waals surface area contributed by atoms with Crippen molar-refractivity contribution in [1.82, 2.24) is 9.78 Å². The highest BCUT2D eigenvalue weighted by molar-refractivity contribution is 9.10. The van der Waals surface area contributed by atoms with E-state index in [1.54, 1.807) is 24.3 Å². The van der Waals surface area contributed by atoms with Crippen LogP contribution in [0.25, 0.3) is 0 Å². The normalized spacial score (nSPS) is 10.7. The third-order valence-electron chi connectivity index (χ3n) is 4.41. The SMILES string of the molecule is COc1cc(NC(=O)c2ccc(Cn3nc(C)c(Br)c3C)o2)cc(OC)c1OC. The highest BCUT2D eigenvalue weighted by Gasteiger charge is 2.17. The molecule has 2 heterocycles. The number of aromatic nitrogens is 2. The summed E-state index contributed by atoms with van der Waals surface area (Å²) < 4.78 is 24.4. The average Bonchev–Trinajstić information content (AvgIpc) is 3.28. The van der Waals surface area contributed by atoms with Crippen LogP contribution >= 0.6 is 15.9 Å². The molecule has 29 heavy (non-hydrogen) atoms. The highest BCUT2D eigenvalue weighted by atomic mass is 79.9. The predicted octanol–water partition coefficient (Wildman–Crippen LogP) is 4.18. The molecule has 9 heteroatoms. The van der Waals surface area contributed by atoms with E-state index >= 15 is 0 Å². The monoisotopic (exact) mass is 463 g/mol. The number of hydrogen-bond donors (Lipinski definition) is 1. The fourth-order valence-electron chi connectivity index (χ4n) is 2.91. The number of furan rings is 1. The molecule has 2 aromatic heterocycles. The van der Waals surface area contributed by atoms with Crippen LogP contribution in [0.1, 0.15) is 27.7 Å². The van der Waals surface area contributed by atoms with Gasteiger partial charge in [-0.05, 0) is 41.9 Å². The van der Waals surface area contributed by atoms with Gasteiger partial charge in [0.2, 0.25) is 5.75 Å². The first kappa shape index (κ1) is 20.8. The second-order valence-corrected chi connectivity index (χ2v) is 7.07. The van der Waals surface area contributed by atoms with E-state index in [0.29, 0.717) is 35.2 Å². The van der Waals surface area contributed by atoms with Crippen molar-refractivity contribution < 1.29 is 23.4 Å². The zero-order valence-electron chi connectivity index (χ0n) is 16.8. The van der Waals surface area contributed by atoms with Gasteiger partial charge in [-0.3, -0.25) is 9.48 Å². The van der Waals surface area contributed by atoms with Gasteiger partial charge < -0.3 is 23.9 Å². The van der Waals surface area contributed by atoms with Gasteiger partial charge in [0.1, 0.15) is 5.76 Å². The van der Waals surface area contributed by atoms with Gasteiger partial charge >= 0.3 is 0 Å². The first-order valence-corrected chi connectivity index (χ1v) is 9.56. The van der Waals surface area contributed by atoms with Gasteiger partial charge in [0, 0.05) is 17.8 Å². The van der Waals surface area contributed by atoms with Crippen LogP contribution in [-0.2, 0) is 6.54 Å². The van der Waals surface area contributed by atoms with Gasteiger partial charge in [-0.1, -0.05) is 0 Å². The minimum atomic E-state index is -0.389. The summed E-state index contributed by atoms with van der Waals surface area (Å²) in [5, 5.41) is 7.23. The van der Waals surface area contributed by atoms with Crippen LogP contribution in [-0.4, -0.2) is 37.0 Å². The number of carbonyl (C=O) groups excluding carboxylic acids is 1. The number of anilines is 1. The van der Waals surface area contributed by atoms with E-state index in [9.17, 15) is 4.79 Å². The fourth-order valence-corrected chi connectivity index (χ4v) is 3.19. The Morgan fingerprint density at radius 2 is 1.79 bits per heavy atom. The number of amides is 1. The summed E-state index contributed by atoms with van der Waals surface area (Å²) in [4.78, 5) is 12.6. The molecule has 0 aliphatic rings. The van der Waals surface area contributed by atoms with Gasteiger partial charge in [-0.15, -0.1) is 0 Å². The standard InChI is InChI=1S/C20H22BrN3O5/c1-11-18(21)12(2)24(23-11)10-14-6-7-15(29-14)20(25)22-13-8-16(26-3)19(28-5)17(9-13)27-4/h6-9H,10H2,1-5H3,(H,22,25). The second kappa shape index (κ2) is 8.60. The lowest BCUT2D eigenvalue weighted by Gasteiger charge is -2.14. The number of ether oxygens (including phenoxy) is 3. The number of nitrogens with one attached hydrogen (secondary N) is 1. The molecule has 0 aliphatic carbocycles. The Hall–Kier alpha value is -2.94. The first-order chi connectivity index (χ1) is 13.9. The van der Waals surface area contributed by atoms with Crippen molar-refractivity contribution in [3.05, 3.63) is 51.6 Å². The van der Waals surface area contributed by atoms with E-state index in [1.165, 1.54) is 21.3 Å². The highest BCUT2D eigenvalue weighted by Crippen LogP contribution is 2.40. The molecule has 3 aromatic rings. The Balaban J connectivity index is 1.77. The Bertz CT molecular complexity index is 1020. The fraction of sp³-hybridized carbons (Fsp3) is 0.300. The number of aryl methyl sites for hydroxylation is 1. The van der Waals surface area contributed by atoms with Crippen LogP contribution in [0.2, 0.25) is 0 Å². The molecule has 0 saturated heterocycles. The summed E-state index contributed by atoms with van der Waals surface area (Å²) in [5.74, 6) is 1.76. The second-order valence-electron chi connectivity index (χ2n) is 6.28. The maximum Gasteiger partial charge on any atom is 0.291 e. The first-order valence-electron chi connectivity index (χ1n) is 8.77. The lowest BCUT2D eigenvalue weighted by atomic mass is 10.2. The maximum atomic E-state index is 12.6. The van der Waals surface area contributed by atoms with Crippen molar-refractivity contribution in [3.63, 3.8) is 0 Å². The number of benzene rings is 1. The summed E-state index contributed by atoms with van der Waals surface area (Å²) in [7, 11) is 4.54. The van der Waals surface area contributed by atoms with Crippen LogP contribution in [0.3, 0.4) is 0 Å². The van der Waals surface area contributed by atoms with E-state index in [2.05, 4.69) is 26.3 Å². The number of nitrogens with zero attached hydrogens (tertiary/aromatic N) is 2. The lowest BCUT2D eigenvalue weighted by molar-refractivity contribution is 0.0994. The van der Waals surface area contributed by atoms with Crippen molar-refractivity contribution in [1.29, 1.82) is 0 Å². The number of rotatable bonds is 7. The molecule has 0 atom stereocenters. The Morgan fingerprint density at radius 1 is 1.14 bits per heavy atom. The van der Waals surface area contributed by atoms with Gasteiger partial charge in [-0.2, -0.15) is 5.10 Å². The van der Waals surface area contributed by atoms with Crippen molar-refractivity contribution >= 4 is 27.5 Å². The molecule has 1 amide bonds. The smallest absolute Gasteiger partial charge is 0.291 e. The van der Waals surface area contributed by atoms with Crippen LogP contribution in [0.5, 0.6) is 17.2 Å². The zero-order chi connectivity index (χ0) is 21.1. The van der Waals surface area contributed by atoms with Crippen LogP contribution in [0, 0.1) is 13.8 Å². The molecule has 154 valence electrons. The van der Waals surface area contributed by atoms with Crippen LogP contribution < -0.4 is 19.5 Å². The molecule has 8 nitrogen and oxygen atoms in total. The molecule has 3 rings (SSSR count). The summed E-state index contributed by atoms with van der Waals surface area (Å²) in [6.45, 7) is 4.31. The Morgan fingerprint density at radius 3 is 2.31 bits per heavy atom. The number of hydrogen-bond acceptors (Lipinski definition) is 6. The predicted molar refractivity (Wildman–Crippen MR) is 111 cm³/mol. The molecule has 0 fully saturated rings. The van der Waals surface area contributed by atoms with E-state index in [0.717, 1.165) is 15.9 Å². The van der Waals surface area contributed by atoms with E-state index < -0.39 is 0 Å². The molecular formula is C20H22BrN3O5. The molecule has 0 saturated carbocycles. The van der Waals surface area contributed by atoms with Crippen LogP contribution in [0.4, 0.5) is 5.69 Å². The number of methoxy groups -OCH3 is 3. The maximum absolute atomic E-state index is 12.6. The molecule has 1 N–H and O–H groups in total. The summed E-state index contributed by atoms with van der Waals surface area (Å²) >= 11 is 3.51. The van der Waals surface area contributed by atoms with Gasteiger partial charge in [0.15, 0.2) is 17.3 Å². The summed E-state index contributed by atoms with van der Waals surface area (Å²) in [5.41, 5.74) is 2.38. The molecule has 0 spiro atoms. The van der Waals surface area contributed by atoms with Crippen molar-refractivity contribution in [3.8, 4) is 17.2 Å². The number of carbonyl (C=O) groups is 1. The van der Waals surface area contributed by atoms with Gasteiger partial charge in [0.05, 0.1) is 43.7 Å². The molecule has 1 aromatic carbocycles. The third kappa shape index (κ3) is 4.24. The summed E-state index contributed by atoms with van der Waals surface area (Å²) in [6, 6.07) is 6.69. The molecular weight excluding hydrogens is 442 g/mol. The van der Waals surface area contributed by atoms with Crippen LogP contribution in [0.15, 0.2) is 33.2 Å². The lowest BCUT2D eigenvalue weighted by Crippen LogP contribution is -2.11. The van der Waals surface area contributed by atoms with E-state index in [1.807, 2.05) is 18.5 Å². The number of halogens is 1. The van der Waals surface area contributed by atoms with Gasteiger partial charge in [0.25, 0.3) is 5.91 Å². The Labute approximate surface area is 176 Å². The van der Waals surface area contributed by atoms with Crippen molar-refractivity contribution in [2.24, 2.45) is 0 Å². The minimum absolute atomic E-state index is 0.189. The van der Waals surface area contributed by atoms with E-state index in [-0.39, 0.29) is 11.7 Å². The minimum Gasteiger partial charge on any atom is -0.493 e. The van der Waals surface area contributed by atoms with Crippen molar-refractivity contribution in [2.45, 2.75) is 20.4 Å². The average molecular weight is 464 g/mol. The molecule has 0 aliphatic heterocycles. The van der Waals surface area contributed by atoms with E-state index in [4.69, 9.17) is 18.6 Å². The molecule has 0 radical (unpaired) electrons. The third-order valence-corrected chi connectivity index (χ3v) is 5.55. The zero-order valence-corrected chi connectivity index (χ0v) is 18.4. The molecule has 0 bridgehead atoms. The quantitative estimate of drug-likeness (QED) is 0.565. The molecule has 0 unspecified atom stereocenters. The largest absolute Gasteiger partial charge is 0.493 e.